The van der Waals surface area contributed by atoms with Gasteiger partial charge in [-0.05, 0) is 37.7 Å². The van der Waals surface area contributed by atoms with Crippen molar-refractivity contribution in [2.24, 2.45) is 22.2 Å². The van der Waals surface area contributed by atoms with Crippen LogP contribution in [0.2, 0.25) is 0 Å². The van der Waals surface area contributed by atoms with Crippen LogP contribution < -0.4 is 27.8 Å². The molecule has 0 unspecified atom stereocenters. The SMILES string of the molecule is NC(=O)[C@H](CCCN=C(N)N)NC(=O)[C@@H](Cc1ccccc1)NC(=O)CCCC[C@@H]1CCSS1. The maximum atomic E-state index is 13.0. The molecule has 2 rings (SSSR count). The summed E-state index contributed by atoms with van der Waals surface area (Å²) in [4.78, 5) is 41.4. The third kappa shape index (κ3) is 11.1. The Balaban J connectivity index is 1.91. The van der Waals surface area contributed by atoms with E-state index in [2.05, 4.69) is 15.6 Å². The molecule has 0 radical (unpaired) electrons. The molecule has 188 valence electrons. The number of nitrogens with zero attached hydrogens (tertiary/aromatic N) is 1. The zero-order chi connectivity index (χ0) is 24.8. The molecule has 11 heteroatoms. The molecular weight excluding hydrogens is 472 g/mol. The molecule has 3 amide bonds. The van der Waals surface area contributed by atoms with Crippen LogP contribution in [0.25, 0.3) is 0 Å². The molecule has 1 saturated heterocycles. The number of carbonyl (C=O) groups is 3. The second kappa shape index (κ2) is 15.5. The zero-order valence-electron chi connectivity index (χ0n) is 19.4. The number of hydrogen-bond donors (Lipinski definition) is 5. The zero-order valence-corrected chi connectivity index (χ0v) is 21.0. The summed E-state index contributed by atoms with van der Waals surface area (Å²) in [5, 5.41) is 6.23. The second-order valence-electron chi connectivity index (χ2n) is 8.30. The molecule has 1 aliphatic heterocycles. The number of unbranched alkanes of at least 4 members (excludes halogenated alkanes) is 1. The van der Waals surface area contributed by atoms with E-state index >= 15 is 0 Å². The molecule has 0 spiro atoms. The van der Waals surface area contributed by atoms with Crippen LogP contribution in [0.5, 0.6) is 0 Å². The summed E-state index contributed by atoms with van der Waals surface area (Å²) in [5.41, 5.74) is 17.0. The van der Waals surface area contributed by atoms with Gasteiger partial charge in [0.2, 0.25) is 17.7 Å². The fourth-order valence-electron chi connectivity index (χ4n) is 3.61. The standard InChI is InChI=1S/C23H36N6O3S2/c24-21(31)18(10-6-13-27-23(25)26)29-22(32)19(15-16-7-2-1-3-8-16)28-20(30)11-5-4-9-17-12-14-33-34-17/h1-3,7-8,17-19H,4-6,9-15H2,(H2,24,31)(H,28,30)(H,29,32)(H4,25,26,27)/t17-,18+,19-/m1/s1. The third-order valence-corrected chi connectivity index (χ3v) is 8.45. The Morgan fingerprint density at radius 3 is 2.44 bits per heavy atom. The fourth-order valence-corrected chi connectivity index (χ4v) is 6.64. The van der Waals surface area contributed by atoms with Crippen LogP contribution in [0, 0.1) is 0 Å². The van der Waals surface area contributed by atoms with Crippen LogP contribution in [0.1, 0.15) is 50.5 Å². The normalized spacial score (nSPS) is 16.9. The number of nitrogens with two attached hydrogens (primary N) is 3. The van der Waals surface area contributed by atoms with Crippen LogP contribution in [0.4, 0.5) is 0 Å². The molecule has 1 aliphatic rings. The Hall–Kier alpha value is -2.40. The van der Waals surface area contributed by atoms with Crippen molar-refractivity contribution in [3.05, 3.63) is 35.9 Å². The van der Waals surface area contributed by atoms with Crippen molar-refractivity contribution >= 4 is 45.3 Å². The van der Waals surface area contributed by atoms with E-state index < -0.39 is 23.9 Å². The van der Waals surface area contributed by atoms with Crippen LogP contribution in [0.3, 0.4) is 0 Å². The molecule has 9 nitrogen and oxygen atoms in total. The largest absolute Gasteiger partial charge is 0.370 e. The maximum Gasteiger partial charge on any atom is 0.243 e. The first-order chi connectivity index (χ1) is 16.3. The highest BCUT2D eigenvalue weighted by molar-refractivity contribution is 8.77. The van der Waals surface area contributed by atoms with E-state index in [0.29, 0.717) is 37.5 Å². The smallest absolute Gasteiger partial charge is 0.243 e. The van der Waals surface area contributed by atoms with Gasteiger partial charge in [-0.3, -0.25) is 19.4 Å². The van der Waals surface area contributed by atoms with E-state index in [0.717, 1.165) is 24.8 Å². The average molecular weight is 509 g/mol. The lowest BCUT2D eigenvalue weighted by Crippen LogP contribution is -2.53. The number of hydrogen-bond acceptors (Lipinski definition) is 6. The lowest BCUT2D eigenvalue weighted by atomic mass is 10.0. The topological polar surface area (TPSA) is 166 Å². The number of guanidine groups is 1. The number of benzene rings is 1. The van der Waals surface area contributed by atoms with Crippen molar-refractivity contribution in [1.29, 1.82) is 0 Å². The molecule has 0 aliphatic carbocycles. The van der Waals surface area contributed by atoms with Crippen LogP contribution in [-0.2, 0) is 20.8 Å². The molecule has 3 atom stereocenters. The molecule has 1 aromatic carbocycles. The van der Waals surface area contributed by atoms with E-state index in [-0.39, 0.29) is 11.9 Å². The lowest BCUT2D eigenvalue weighted by Gasteiger charge is -2.22. The number of rotatable bonds is 15. The van der Waals surface area contributed by atoms with Gasteiger partial charge in [-0.25, -0.2) is 0 Å². The van der Waals surface area contributed by atoms with Crippen molar-refractivity contribution in [3.8, 4) is 0 Å². The Kier molecular flexibility index (Phi) is 12.7. The Labute approximate surface area is 209 Å². The van der Waals surface area contributed by atoms with Crippen LogP contribution >= 0.6 is 21.6 Å². The van der Waals surface area contributed by atoms with Gasteiger partial charge < -0.3 is 27.8 Å². The van der Waals surface area contributed by atoms with Gasteiger partial charge in [0.25, 0.3) is 0 Å². The van der Waals surface area contributed by atoms with Gasteiger partial charge in [0.1, 0.15) is 12.1 Å². The van der Waals surface area contributed by atoms with Gasteiger partial charge in [-0.15, -0.1) is 0 Å². The predicted octanol–water partition coefficient (Wildman–Crippen LogP) is 1.45. The average Bonchev–Trinajstić information content (AvgIpc) is 3.32. The van der Waals surface area contributed by atoms with E-state index in [1.165, 1.54) is 12.2 Å². The molecule has 0 bridgehead atoms. The summed E-state index contributed by atoms with van der Waals surface area (Å²) in [7, 11) is 3.85. The first-order valence-corrected chi connectivity index (χ1v) is 14.0. The van der Waals surface area contributed by atoms with Gasteiger partial charge in [0.05, 0.1) is 0 Å². The van der Waals surface area contributed by atoms with Crippen molar-refractivity contribution in [3.63, 3.8) is 0 Å². The number of aliphatic imine (C=N–C) groups is 1. The van der Waals surface area contributed by atoms with Gasteiger partial charge in [0, 0.05) is 30.4 Å². The Morgan fingerprint density at radius 1 is 1.03 bits per heavy atom. The lowest BCUT2D eigenvalue weighted by molar-refractivity contribution is -0.131. The molecular formula is C23H36N6O3S2. The van der Waals surface area contributed by atoms with Crippen molar-refractivity contribution in [2.75, 3.05) is 12.3 Å². The quantitative estimate of drug-likeness (QED) is 0.103. The van der Waals surface area contributed by atoms with Crippen molar-refractivity contribution < 1.29 is 14.4 Å². The molecule has 34 heavy (non-hydrogen) atoms. The van der Waals surface area contributed by atoms with Gasteiger partial charge in [-0.2, -0.15) is 0 Å². The molecule has 0 aromatic heterocycles. The van der Waals surface area contributed by atoms with Gasteiger partial charge in [0.15, 0.2) is 5.96 Å². The predicted molar refractivity (Wildman–Crippen MR) is 140 cm³/mol. The van der Waals surface area contributed by atoms with E-state index in [9.17, 15) is 14.4 Å². The highest BCUT2D eigenvalue weighted by Gasteiger charge is 2.26. The minimum absolute atomic E-state index is 0.0359. The van der Waals surface area contributed by atoms with E-state index in [1.54, 1.807) is 0 Å². The fraction of sp³-hybridized carbons (Fsp3) is 0.565. The Bertz CT molecular complexity index is 814. The number of primary amides is 1. The summed E-state index contributed by atoms with van der Waals surface area (Å²) in [6, 6.07) is 7.74. The first-order valence-electron chi connectivity index (χ1n) is 11.6. The number of amides is 3. The minimum Gasteiger partial charge on any atom is -0.370 e. The molecule has 1 heterocycles. The van der Waals surface area contributed by atoms with Gasteiger partial charge >= 0.3 is 0 Å². The maximum absolute atomic E-state index is 13.0. The second-order valence-corrected chi connectivity index (χ2v) is 11.1. The third-order valence-electron chi connectivity index (χ3n) is 5.45. The summed E-state index contributed by atoms with van der Waals surface area (Å²) < 4.78 is 0. The van der Waals surface area contributed by atoms with E-state index in [4.69, 9.17) is 17.2 Å². The monoisotopic (exact) mass is 508 g/mol. The highest BCUT2D eigenvalue weighted by atomic mass is 33.1. The summed E-state index contributed by atoms with van der Waals surface area (Å²) in [6.45, 7) is 0.324. The Morgan fingerprint density at radius 2 is 1.79 bits per heavy atom. The van der Waals surface area contributed by atoms with Crippen molar-refractivity contribution in [2.45, 2.75) is 68.7 Å². The summed E-state index contributed by atoms with van der Waals surface area (Å²) >= 11 is 0. The molecule has 1 fully saturated rings. The molecule has 8 N–H and O–H groups in total. The van der Waals surface area contributed by atoms with E-state index in [1.807, 2.05) is 51.9 Å². The highest BCUT2D eigenvalue weighted by Crippen LogP contribution is 2.39. The van der Waals surface area contributed by atoms with Crippen LogP contribution in [-0.4, -0.2) is 53.3 Å². The summed E-state index contributed by atoms with van der Waals surface area (Å²) in [6.07, 6.45) is 5.55. The summed E-state index contributed by atoms with van der Waals surface area (Å²) in [5.74, 6) is -0.0979. The first kappa shape index (κ1) is 27.8. The molecule has 1 aromatic rings. The van der Waals surface area contributed by atoms with Gasteiger partial charge in [-0.1, -0.05) is 58.3 Å². The number of carbonyl (C=O) groups excluding carboxylic acids is 3. The minimum atomic E-state index is -0.876. The molecule has 0 saturated carbocycles. The number of nitrogens with one attached hydrogen (secondary N) is 2. The van der Waals surface area contributed by atoms with Crippen LogP contribution in [0.15, 0.2) is 35.3 Å². The van der Waals surface area contributed by atoms with Crippen molar-refractivity contribution in [1.82, 2.24) is 10.6 Å².